The van der Waals surface area contributed by atoms with Gasteiger partial charge < -0.3 is 9.59 Å². The summed E-state index contributed by atoms with van der Waals surface area (Å²) in [4.78, 5) is 0. The van der Waals surface area contributed by atoms with Crippen LogP contribution in [0.1, 0.15) is 6.92 Å². The van der Waals surface area contributed by atoms with Crippen molar-refractivity contribution in [2.75, 3.05) is 21.1 Å². The van der Waals surface area contributed by atoms with Crippen molar-refractivity contribution in [3.63, 3.8) is 0 Å². The molecular weight excluding hydrogens is 102 g/mol. The van der Waals surface area contributed by atoms with Gasteiger partial charge in [-0.1, -0.05) is 0 Å². The van der Waals surface area contributed by atoms with Crippen molar-refractivity contribution in [2.45, 2.75) is 13.0 Å². The van der Waals surface area contributed by atoms with Gasteiger partial charge in [0, 0.05) is 0 Å². The van der Waals surface area contributed by atoms with E-state index in [0.717, 1.165) is 0 Å². The zero-order valence-corrected chi connectivity index (χ0v) is 6.05. The second kappa shape index (κ2) is 2.46. The highest BCUT2D eigenvalue weighted by Crippen LogP contribution is 1.98. The second-order valence-corrected chi connectivity index (χ2v) is 3.01. The Hall–Kier alpha value is -0.0800. The van der Waals surface area contributed by atoms with Crippen LogP contribution in [0.25, 0.3) is 0 Å². The molecule has 0 rings (SSSR count). The molecule has 1 atom stereocenters. The predicted octanol–water partition coefficient (Wildman–Crippen LogP) is 0.235. The quantitative estimate of drug-likeness (QED) is 0.513. The number of likely N-dealkylation sites (N-methyl/N-ethyl adjacent to an activating group) is 1. The first-order chi connectivity index (χ1) is 3.42. The van der Waals surface area contributed by atoms with Crippen LogP contribution in [0.15, 0.2) is 0 Å². The molecule has 0 amide bonds. The maximum Gasteiger partial charge on any atom is 0.169 e. The zero-order chi connectivity index (χ0) is 6.78. The van der Waals surface area contributed by atoms with Gasteiger partial charge >= 0.3 is 0 Å². The molecule has 8 heavy (non-hydrogen) atoms. The lowest BCUT2D eigenvalue weighted by Gasteiger charge is -2.23. The number of nitrogens with zero attached hydrogens (tertiary/aromatic N) is 1. The Morgan fingerprint density at radius 3 is 1.75 bits per heavy atom. The fourth-order valence-electron chi connectivity index (χ4n) is 0.647. The largest absolute Gasteiger partial charge is 0.387 e. The molecule has 0 aliphatic carbocycles. The Balaban J connectivity index is 3.39. The minimum atomic E-state index is -0.310. The number of hydrogen-bond donors (Lipinski definition) is 1. The van der Waals surface area contributed by atoms with Gasteiger partial charge in [0.1, 0.15) is 6.10 Å². The molecule has 49 valence electrons. The van der Waals surface area contributed by atoms with Gasteiger partial charge in [-0.2, -0.15) is 0 Å². The molecule has 0 aromatic heterocycles. The molecule has 0 aromatic rings. The average Bonchev–Trinajstić information content (AvgIpc) is 1.21. The van der Waals surface area contributed by atoms with E-state index in [1.165, 1.54) is 0 Å². The van der Waals surface area contributed by atoms with Crippen LogP contribution < -0.4 is 0 Å². The lowest BCUT2D eigenvalue weighted by atomic mass is 10.3. The first kappa shape index (κ1) is 7.92. The highest BCUT2D eigenvalue weighted by Gasteiger charge is 2.11. The van der Waals surface area contributed by atoms with E-state index in [1.54, 1.807) is 6.92 Å². The first-order valence-electron chi connectivity index (χ1n) is 2.77. The van der Waals surface area contributed by atoms with E-state index in [0.29, 0.717) is 4.48 Å². The van der Waals surface area contributed by atoms with Crippen molar-refractivity contribution in [1.29, 1.82) is 0 Å². The minimum Gasteiger partial charge on any atom is -0.387 e. The highest BCUT2D eigenvalue weighted by molar-refractivity contribution is 4.56. The van der Waals surface area contributed by atoms with E-state index in [4.69, 9.17) is 5.11 Å². The molecular formula is C6H15NO+. The van der Waals surface area contributed by atoms with Gasteiger partial charge in [0.15, 0.2) is 6.54 Å². The van der Waals surface area contributed by atoms with Gasteiger partial charge in [-0.25, -0.2) is 0 Å². The fourth-order valence-corrected chi connectivity index (χ4v) is 0.647. The summed E-state index contributed by atoms with van der Waals surface area (Å²) in [5.74, 6) is 0. The number of hydrogen-bond acceptors (Lipinski definition) is 1. The molecule has 0 aromatic carbocycles. The van der Waals surface area contributed by atoms with Gasteiger partial charge in [-0.3, -0.25) is 0 Å². The van der Waals surface area contributed by atoms with Gasteiger partial charge in [0.25, 0.3) is 0 Å². The Labute approximate surface area is 51.3 Å². The lowest BCUT2D eigenvalue weighted by molar-refractivity contribution is -0.842. The summed E-state index contributed by atoms with van der Waals surface area (Å²) in [6.07, 6.45) is -0.310. The van der Waals surface area contributed by atoms with E-state index in [-0.39, 0.29) is 6.10 Å². The summed E-state index contributed by atoms with van der Waals surface area (Å²) >= 11 is 0. The summed E-state index contributed by atoms with van der Waals surface area (Å²) in [6.45, 7) is 3.60. The van der Waals surface area contributed by atoms with Crippen molar-refractivity contribution in [2.24, 2.45) is 0 Å². The summed E-state index contributed by atoms with van der Waals surface area (Å²) in [5.41, 5.74) is 0. The molecule has 0 spiro atoms. The van der Waals surface area contributed by atoms with Crippen LogP contribution in [0, 0.1) is 6.54 Å². The monoisotopic (exact) mass is 117 g/mol. The smallest absolute Gasteiger partial charge is 0.169 e. The molecule has 1 radical (unpaired) electrons. The SMILES string of the molecule is CC(O)[CH][N+](C)(C)C. The van der Waals surface area contributed by atoms with Crippen molar-refractivity contribution in [1.82, 2.24) is 0 Å². The molecule has 2 heteroatoms. The third-order valence-corrected chi connectivity index (χ3v) is 0.663. The first-order valence-corrected chi connectivity index (χ1v) is 2.77. The normalized spacial score (nSPS) is 16.1. The molecule has 2 nitrogen and oxygen atoms in total. The third kappa shape index (κ3) is 5.92. The van der Waals surface area contributed by atoms with E-state index in [2.05, 4.69) is 0 Å². The van der Waals surface area contributed by atoms with E-state index in [9.17, 15) is 0 Å². The maximum atomic E-state index is 8.82. The van der Waals surface area contributed by atoms with Crippen molar-refractivity contribution >= 4 is 0 Å². The van der Waals surface area contributed by atoms with E-state index in [1.807, 2.05) is 27.7 Å². The molecule has 0 heterocycles. The standard InChI is InChI=1S/C6H15NO/c1-6(8)5-7(2,3)4/h5-6,8H,1-4H3/q+1. The number of quaternary nitrogens is 1. The molecule has 1 unspecified atom stereocenters. The predicted molar refractivity (Wildman–Crippen MR) is 34.0 cm³/mol. The van der Waals surface area contributed by atoms with Crippen molar-refractivity contribution in [3.05, 3.63) is 6.54 Å². The fraction of sp³-hybridized carbons (Fsp3) is 0.833. The van der Waals surface area contributed by atoms with Gasteiger partial charge in [-0.05, 0) is 6.92 Å². The van der Waals surface area contributed by atoms with Crippen LogP contribution in [0.5, 0.6) is 0 Å². The van der Waals surface area contributed by atoms with Crippen LogP contribution >= 0.6 is 0 Å². The molecule has 0 saturated heterocycles. The second-order valence-electron chi connectivity index (χ2n) is 3.01. The summed E-state index contributed by atoms with van der Waals surface area (Å²) in [6, 6.07) is 0. The van der Waals surface area contributed by atoms with Crippen LogP contribution in [-0.4, -0.2) is 36.8 Å². The average molecular weight is 117 g/mol. The van der Waals surface area contributed by atoms with E-state index < -0.39 is 0 Å². The zero-order valence-electron chi connectivity index (χ0n) is 6.05. The number of aliphatic hydroxyl groups is 1. The summed E-state index contributed by atoms with van der Waals surface area (Å²) in [5, 5.41) is 8.82. The third-order valence-electron chi connectivity index (χ3n) is 0.663. The van der Waals surface area contributed by atoms with Gasteiger partial charge in [0.05, 0.1) is 21.1 Å². The van der Waals surface area contributed by atoms with Crippen LogP contribution in [0.3, 0.4) is 0 Å². The molecule has 0 fully saturated rings. The Kier molecular flexibility index (Phi) is 2.44. The molecule has 0 saturated carbocycles. The van der Waals surface area contributed by atoms with Crippen LogP contribution in [0.2, 0.25) is 0 Å². The summed E-state index contributed by atoms with van der Waals surface area (Å²) < 4.78 is 0.706. The lowest BCUT2D eigenvalue weighted by Crippen LogP contribution is -2.35. The van der Waals surface area contributed by atoms with Crippen molar-refractivity contribution < 1.29 is 9.59 Å². The number of aliphatic hydroxyl groups excluding tert-OH is 1. The van der Waals surface area contributed by atoms with Crippen LogP contribution in [0.4, 0.5) is 0 Å². The molecule has 0 bridgehead atoms. The Bertz CT molecular complexity index is 63.4. The topological polar surface area (TPSA) is 20.2 Å². The maximum absolute atomic E-state index is 8.82. The molecule has 1 N–H and O–H groups in total. The number of rotatable bonds is 2. The Morgan fingerprint density at radius 2 is 1.75 bits per heavy atom. The van der Waals surface area contributed by atoms with E-state index >= 15 is 0 Å². The molecule has 0 aliphatic rings. The van der Waals surface area contributed by atoms with Gasteiger partial charge in [-0.15, -0.1) is 0 Å². The highest BCUT2D eigenvalue weighted by atomic mass is 16.3. The molecule has 0 aliphatic heterocycles. The minimum absolute atomic E-state index is 0.310. The summed E-state index contributed by atoms with van der Waals surface area (Å²) in [7, 11) is 6.02. The van der Waals surface area contributed by atoms with Crippen molar-refractivity contribution in [3.8, 4) is 0 Å². The van der Waals surface area contributed by atoms with Crippen LogP contribution in [-0.2, 0) is 0 Å². The van der Waals surface area contributed by atoms with Gasteiger partial charge in [0.2, 0.25) is 0 Å². The Morgan fingerprint density at radius 1 is 1.38 bits per heavy atom.